The molecule has 2 aliphatic carbocycles. The van der Waals surface area contributed by atoms with Crippen LogP contribution < -0.4 is 0 Å². The highest BCUT2D eigenvalue weighted by atomic mass is 19.3. The van der Waals surface area contributed by atoms with E-state index >= 15 is 0 Å². The van der Waals surface area contributed by atoms with E-state index in [2.05, 4.69) is 19.1 Å². The summed E-state index contributed by atoms with van der Waals surface area (Å²) in [6, 6.07) is 8.05. The first kappa shape index (κ1) is 22.8. The maximum absolute atomic E-state index is 13.2. The Kier molecular flexibility index (Phi) is 8.57. The quantitative estimate of drug-likeness (QED) is 0.360. The molecule has 2 heteroatoms. The molecule has 1 aromatic carbocycles. The van der Waals surface area contributed by atoms with Gasteiger partial charge in [0.1, 0.15) is 0 Å². The standard InChI is InChI=1S/C27H42F2/c1-3-4-5-6-7-21-8-12-23(13-9-21)25-16-18-26(19-17-25)24-14-10-22(11-15-24)20-27(2,28)29/h10-11,14-15,21,23,25-26H,3-9,12-13,16-20H2,1-2H3. The van der Waals surface area contributed by atoms with Crippen LogP contribution in [0.1, 0.15) is 114 Å². The van der Waals surface area contributed by atoms with Crippen molar-refractivity contribution in [3.05, 3.63) is 35.4 Å². The third-order valence-electron chi connectivity index (χ3n) is 7.76. The number of hydrogen-bond donors (Lipinski definition) is 0. The van der Waals surface area contributed by atoms with Gasteiger partial charge in [0.15, 0.2) is 0 Å². The summed E-state index contributed by atoms with van der Waals surface area (Å²) in [5.41, 5.74) is 2.11. The summed E-state index contributed by atoms with van der Waals surface area (Å²) >= 11 is 0. The fourth-order valence-corrected chi connectivity index (χ4v) is 6.00. The predicted molar refractivity (Wildman–Crippen MR) is 120 cm³/mol. The molecular formula is C27H42F2. The Morgan fingerprint density at radius 3 is 1.93 bits per heavy atom. The summed E-state index contributed by atoms with van der Waals surface area (Å²) in [6.45, 7) is 3.30. The lowest BCUT2D eigenvalue weighted by molar-refractivity contribution is 0.0226. The normalized spacial score (nSPS) is 28.4. The average Bonchev–Trinajstić information content (AvgIpc) is 2.71. The SMILES string of the molecule is CCCCCCC1CCC(C2CCC(c3ccc(CC(C)(F)F)cc3)CC2)CC1. The van der Waals surface area contributed by atoms with Crippen molar-refractivity contribution in [3.63, 3.8) is 0 Å². The number of rotatable bonds is 9. The molecule has 0 heterocycles. The lowest BCUT2D eigenvalue weighted by Gasteiger charge is -2.38. The zero-order valence-electron chi connectivity index (χ0n) is 18.8. The summed E-state index contributed by atoms with van der Waals surface area (Å²) < 4.78 is 26.4. The number of hydrogen-bond acceptors (Lipinski definition) is 0. The molecule has 0 saturated heterocycles. The van der Waals surface area contributed by atoms with Gasteiger partial charge in [-0.3, -0.25) is 0 Å². The topological polar surface area (TPSA) is 0 Å². The minimum absolute atomic E-state index is 0.151. The Labute approximate surface area is 177 Å². The molecule has 2 fully saturated rings. The lowest BCUT2D eigenvalue weighted by atomic mass is 9.68. The fourth-order valence-electron chi connectivity index (χ4n) is 6.00. The van der Waals surface area contributed by atoms with E-state index in [1.54, 1.807) is 0 Å². The lowest BCUT2D eigenvalue weighted by Crippen LogP contribution is -2.25. The van der Waals surface area contributed by atoms with Crippen LogP contribution in [0.15, 0.2) is 24.3 Å². The first-order valence-electron chi connectivity index (χ1n) is 12.4. The number of benzene rings is 1. The average molecular weight is 405 g/mol. The Morgan fingerprint density at radius 2 is 1.38 bits per heavy atom. The third kappa shape index (κ3) is 7.37. The summed E-state index contributed by atoms with van der Waals surface area (Å²) in [4.78, 5) is 0. The molecule has 0 atom stereocenters. The summed E-state index contributed by atoms with van der Waals surface area (Å²) in [6.07, 6.45) is 18.1. The van der Waals surface area contributed by atoms with Crippen LogP contribution in [0, 0.1) is 17.8 Å². The molecule has 0 aliphatic heterocycles. The highest BCUT2D eigenvalue weighted by Crippen LogP contribution is 2.44. The van der Waals surface area contributed by atoms with Gasteiger partial charge in [-0.1, -0.05) is 76.1 Å². The molecule has 2 saturated carbocycles. The van der Waals surface area contributed by atoms with Gasteiger partial charge < -0.3 is 0 Å². The molecule has 0 spiro atoms. The first-order chi connectivity index (χ1) is 13.9. The molecule has 3 rings (SSSR count). The van der Waals surface area contributed by atoms with Crippen LogP contribution in [0.5, 0.6) is 0 Å². The van der Waals surface area contributed by atoms with Crippen LogP contribution in [0.2, 0.25) is 0 Å². The smallest absolute Gasteiger partial charge is 0.207 e. The van der Waals surface area contributed by atoms with Crippen LogP contribution in [0.25, 0.3) is 0 Å². The van der Waals surface area contributed by atoms with Crippen molar-refractivity contribution in [2.24, 2.45) is 17.8 Å². The molecule has 29 heavy (non-hydrogen) atoms. The van der Waals surface area contributed by atoms with Crippen molar-refractivity contribution in [1.82, 2.24) is 0 Å². The monoisotopic (exact) mass is 404 g/mol. The van der Waals surface area contributed by atoms with Crippen LogP contribution in [0.4, 0.5) is 8.78 Å². The molecule has 0 radical (unpaired) electrons. The molecule has 0 N–H and O–H groups in total. The van der Waals surface area contributed by atoms with E-state index in [1.807, 2.05) is 12.1 Å². The largest absolute Gasteiger partial charge is 0.249 e. The fraction of sp³-hybridized carbons (Fsp3) is 0.778. The van der Waals surface area contributed by atoms with Gasteiger partial charge in [0, 0.05) is 6.42 Å². The van der Waals surface area contributed by atoms with Crippen molar-refractivity contribution in [3.8, 4) is 0 Å². The van der Waals surface area contributed by atoms with Crippen molar-refractivity contribution >= 4 is 0 Å². The minimum atomic E-state index is -2.62. The highest BCUT2D eigenvalue weighted by Gasteiger charge is 2.31. The van der Waals surface area contributed by atoms with Gasteiger partial charge in [0.05, 0.1) is 0 Å². The van der Waals surface area contributed by atoms with Gasteiger partial charge >= 0.3 is 0 Å². The number of alkyl halides is 2. The number of unbranched alkanes of at least 4 members (excludes halogenated alkanes) is 3. The van der Waals surface area contributed by atoms with Gasteiger partial charge in [-0.15, -0.1) is 0 Å². The second kappa shape index (κ2) is 10.9. The minimum Gasteiger partial charge on any atom is -0.207 e. The van der Waals surface area contributed by atoms with Crippen LogP contribution in [0.3, 0.4) is 0 Å². The van der Waals surface area contributed by atoms with Crippen molar-refractivity contribution < 1.29 is 8.78 Å². The second-order valence-electron chi connectivity index (χ2n) is 10.2. The van der Waals surface area contributed by atoms with E-state index < -0.39 is 5.92 Å². The second-order valence-corrected chi connectivity index (χ2v) is 10.2. The summed E-state index contributed by atoms with van der Waals surface area (Å²) in [7, 11) is 0. The van der Waals surface area contributed by atoms with E-state index in [4.69, 9.17) is 0 Å². The Balaban J connectivity index is 1.38. The summed E-state index contributed by atoms with van der Waals surface area (Å²) in [5.74, 6) is 0.932. The van der Waals surface area contributed by atoms with E-state index in [1.165, 1.54) is 89.0 Å². The van der Waals surface area contributed by atoms with E-state index in [0.717, 1.165) is 30.2 Å². The van der Waals surface area contributed by atoms with E-state index in [9.17, 15) is 8.78 Å². The maximum atomic E-state index is 13.2. The summed E-state index contributed by atoms with van der Waals surface area (Å²) in [5, 5.41) is 0. The Bertz CT molecular complexity index is 570. The maximum Gasteiger partial charge on any atom is 0.249 e. The van der Waals surface area contributed by atoms with Gasteiger partial charge in [0.25, 0.3) is 0 Å². The molecule has 0 bridgehead atoms. The van der Waals surface area contributed by atoms with Gasteiger partial charge in [-0.25, -0.2) is 8.78 Å². The number of halogens is 2. The molecule has 0 unspecified atom stereocenters. The molecule has 2 aliphatic rings. The van der Waals surface area contributed by atoms with Gasteiger partial charge in [0.2, 0.25) is 5.92 Å². The van der Waals surface area contributed by atoms with Crippen molar-refractivity contribution in [1.29, 1.82) is 0 Å². The molecule has 0 amide bonds. The molecular weight excluding hydrogens is 362 g/mol. The highest BCUT2D eigenvalue weighted by molar-refractivity contribution is 5.26. The van der Waals surface area contributed by atoms with E-state index in [-0.39, 0.29) is 6.42 Å². The Hall–Kier alpha value is -0.920. The molecule has 0 aromatic heterocycles. The van der Waals surface area contributed by atoms with Gasteiger partial charge in [-0.05, 0) is 80.2 Å². The molecule has 1 aromatic rings. The van der Waals surface area contributed by atoms with Gasteiger partial charge in [-0.2, -0.15) is 0 Å². The van der Waals surface area contributed by atoms with Crippen molar-refractivity contribution in [2.75, 3.05) is 0 Å². The first-order valence-corrected chi connectivity index (χ1v) is 12.4. The van der Waals surface area contributed by atoms with Crippen LogP contribution in [-0.4, -0.2) is 5.92 Å². The zero-order chi connectivity index (χ0) is 20.7. The van der Waals surface area contributed by atoms with Crippen molar-refractivity contribution in [2.45, 2.75) is 116 Å². The van der Waals surface area contributed by atoms with Crippen LogP contribution >= 0.6 is 0 Å². The Morgan fingerprint density at radius 1 is 0.793 bits per heavy atom. The third-order valence-corrected chi connectivity index (χ3v) is 7.76. The molecule has 0 nitrogen and oxygen atoms in total. The predicted octanol–water partition coefficient (Wildman–Crippen LogP) is 8.93. The zero-order valence-corrected chi connectivity index (χ0v) is 18.8. The van der Waals surface area contributed by atoms with E-state index in [0.29, 0.717) is 5.92 Å². The van der Waals surface area contributed by atoms with Crippen LogP contribution in [-0.2, 0) is 6.42 Å². The molecule has 164 valence electrons.